The minimum Gasteiger partial charge on any atom is -0.329 e. The molecule has 1 unspecified atom stereocenters. The first kappa shape index (κ1) is 9.48. The van der Waals surface area contributed by atoms with Gasteiger partial charge in [0.25, 0.3) is 0 Å². The van der Waals surface area contributed by atoms with Gasteiger partial charge in [-0.25, -0.2) is 0 Å². The Balaban J connectivity index is 3.66. The molecule has 2 nitrogen and oxygen atoms in total. The lowest BCUT2D eigenvalue weighted by Gasteiger charge is -2.23. The minimum absolute atomic E-state index is 0.441. The smallest absolute Gasteiger partial charge is 0.0599 e. The molecule has 58 valence electrons. The number of rotatable bonds is 4. The quantitative estimate of drug-likeness (QED) is 0.569. The van der Waals surface area contributed by atoms with Crippen molar-refractivity contribution in [1.29, 1.82) is 0 Å². The zero-order valence-corrected chi connectivity index (χ0v) is 6.80. The van der Waals surface area contributed by atoms with Crippen LogP contribution in [0.3, 0.4) is 0 Å². The van der Waals surface area contributed by atoms with Crippen LogP contribution in [-0.4, -0.2) is 31.1 Å². The van der Waals surface area contributed by atoms with E-state index in [1.807, 2.05) is 7.05 Å². The van der Waals surface area contributed by atoms with Gasteiger partial charge in [0.15, 0.2) is 0 Å². The van der Waals surface area contributed by atoms with Gasteiger partial charge >= 0.3 is 0 Å². The average Bonchev–Trinajstić information content (AvgIpc) is 1.91. The number of nitrogens with zero attached hydrogens (tertiary/aromatic N) is 1. The molecule has 1 atom stereocenters. The van der Waals surface area contributed by atoms with E-state index in [-0.39, 0.29) is 0 Å². The molecule has 0 aromatic rings. The summed E-state index contributed by atoms with van der Waals surface area (Å²) < 4.78 is 0. The van der Waals surface area contributed by atoms with Crippen molar-refractivity contribution in [3.8, 4) is 12.3 Å². The largest absolute Gasteiger partial charge is 0.329 e. The maximum atomic E-state index is 5.50. The normalized spacial score (nSPS) is 13.1. The molecule has 0 aliphatic rings. The molecule has 0 saturated carbocycles. The van der Waals surface area contributed by atoms with Crippen molar-refractivity contribution in [2.45, 2.75) is 19.4 Å². The second-order valence-corrected chi connectivity index (χ2v) is 2.42. The Hall–Kier alpha value is -0.520. The van der Waals surface area contributed by atoms with Crippen LogP contribution in [0.5, 0.6) is 0 Å². The van der Waals surface area contributed by atoms with Crippen molar-refractivity contribution in [2.75, 3.05) is 20.1 Å². The minimum atomic E-state index is 0.441. The van der Waals surface area contributed by atoms with E-state index in [0.29, 0.717) is 19.1 Å². The third-order valence-corrected chi connectivity index (χ3v) is 1.71. The first-order chi connectivity index (χ1) is 4.76. The predicted molar refractivity (Wildman–Crippen MR) is 44.6 cm³/mol. The first-order valence-corrected chi connectivity index (χ1v) is 3.60. The maximum absolute atomic E-state index is 5.50. The Morgan fingerprint density at radius 1 is 1.70 bits per heavy atom. The van der Waals surface area contributed by atoms with Crippen LogP contribution in [-0.2, 0) is 0 Å². The van der Waals surface area contributed by atoms with E-state index < -0.39 is 0 Å². The third-order valence-electron chi connectivity index (χ3n) is 1.71. The molecule has 2 N–H and O–H groups in total. The molecule has 2 heteroatoms. The van der Waals surface area contributed by atoms with Crippen LogP contribution in [0, 0.1) is 12.3 Å². The molecule has 10 heavy (non-hydrogen) atoms. The highest BCUT2D eigenvalue weighted by Crippen LogP contribution is 1.97. The third kappa shape index (κ3) is 2.86. The molecule has 0 aliphatic heterocycles. The molecule has 0 bridgehead atoms. The van der Waals surface area contributed by atoms with Crippen LogP contribution < -0.4 is 5.73 Å². The van der Waals surface area contributed by atoms with Gasteiger partial charge in [-0.05, 0) is 13.5 Å². The van der Waals surface area contributed by atoms with Crippen LogP contribution in [0.15, 0.2) is 0 Å². The standard InChI is InChI=1S/C8H16N2/c1-4-6-10(3)8(5-2)7-9/h1,8H,5-7,9H2,2-3H3. The van der Waals surface area contributed by atoms with Crippen molar-refractivity contribution >= 4 is 0 Å². The number of likely N-dealkylation sites (N-methyl/N-ethyl adjacent to an activating group) is 1. The fourth-order valence-corrected chi connectivity index (χ4v) is 0.931. The molecule has 0 aromatic heterocycles. The summed E-state index contributed by atoms with van der Waals surface area (Å²) in [4.78, 5) is 2.10. The lowest BCUT2D eigenvalue weighted by atomic mass is 10.2. The summed E-state index contributed by atoms with van der Waals surface area (Å²) in [5, 5.41) is 0. The molecule has 0 spiro atoms. The van der Waals surface area contributed by atoms with Crippen LogP contribution in [0.2, 0.25) is 0 Å². The molecular formula is C8H16N2. The van der Waals surface area contributed by atoms with Crippen LogP contribution in [0.25, 0.3) is 0 Å². The molecule has 0 saturated heterocycles. The summed E-state index contributed by atoms with van der Waals surface area (Å²) in [6.45, 7) is 3.49. The maximum Gasteiger partial charge on any atom is 0.0599 e. The lowest BCUT2D eigenvalue weighted by Crippen LogP contribution is -2.37. The first-order valence-electron chi connectivity index (χ1n) is 3.60. The fraction of sp³-hybridized carbons (Fsp3) is 0.750. The van der Waals surface area contributed by atoms with E-state index in [4.69, 9.17) is 12.2 Å². The SMILES string of the molecule is C#CCN(C)C(CC)CN. The van der Waals surface area contributed by atoms with Gasteiger partial charge in [-0.15, -0.1) is 6.42 Å². The van der Waals surface area contributed by atoms with Crippen molar-refractivity contribution < 1.29 is 0 Å². The van der Waals surface area contributed by atoms with E-state index in [1.54, 1.807) is 0 Å². The van der Waals surface area contributed by atoms with Crippen molar-refractivity contribution in [1.82, 2.24) is 4.90 Å². The molecule has 0 aromatic carbocycles. The predicted octanol–water partition coefficient (Wildman–Crippen LogP) is 0.289. The number of nitrogens with two attached hydrogens (primary N) is 1. The molecular weight excluding hydrogens is 124 g/mol. The average molecular weight is 140 g/mol. The van der Waals surface area contributed by atoms with Crippen LogP contribution in [0.4, 0.5) is 0 Å². The summed E-state index contributed by atoms with van der Waals surface area (Å²) in [6.07, 6.45) is 6.21. The Labute approximate surface area is 63.4 Å². The summed E-state index contributed by atoms with van der Waals surface area (Å²) in [5.41, 5.74) is 5.50. The Kier molecular flexibility index (Phi) is 5.00. The highest BCUT2D eigenvalue weighted by Gasteiger charge is 2.07. The van der Waals surface area contributed by atoms with E-state index >= 15 is 0 Å². The van der Waals surface area contributed by atoms with Gasteiger partial charge in [-0.3, -0.25) is 4.90 Å². The van der Waals surface area contributed by atoms with Crippen molar-refractivity contribution in [3.63, 3.8) is 0 Å². The summed E-state index contributed by atoms with van der Waals surface area (Å²) in [7, 11) is 2.00. The zero-order valence-electron chi connectivity index (χ0n) is 6.80. The lowest BCUT2D eigenvalue weighted by molar-refractivity contribution is 0.269. The topological polar surface area (TPSA) is 29.3 Å². The van der Waals surface area contributed by atoms with Gasteiger partial charge in [-0.2, -0.15) is 0 Å². The van der Waals surface area contributed by atoms with E-state index in [9.17, 15) is 0 Å². The molecule has 0 radical (unpaired) electrons. The Morgan fingerprint density at radius 3 is 2.60 bits per heavy atom. The Bertz CT molecular complexity index is 111. The van der Waals surface area contributed by atoms with Crippen LogP contribution in [0.1, 0.15) is 13.3 Å². The van der Waals surface area contributed by atoms with Gasteiger partial charge in [-0.1, -0.05) is 12.8 Å². The monoisotopic (exact) mass is 140 g/mol. The van der Waals surface area contributed by atoms with Gasteiger partial charge in [0.05, 0.1) is 6.54 Å². The fourth-order valence-electron chi connectivity index (χ4n) is 0.931. The van der Waals surface area contributed by atoms with Crippen molar-refractivity contribution in [2.24, 2.45) is 5.73 Å². The summed E-state index contributed by atoms with van der Waals surface area (Å²) in [5.74, 6) is 2.59. The second-order valence-electron chi connectivity index (χ2n) is 2.42. The van der Waals surface area contributed by atoms with E-state index in [2.05, 4.69) is 17.7 Å². The second kappa shape index (κ2) is 5.28. The Morgan fingerprint density at radius 2 is 2.30 bits per heavy atom. The number of terminal acetylenes is 1. The summed E-state index contributed by atoms with van der Waals surface area (Å²) >= 11 is 0. The molecule has 0 heterocycles. The number of hydrogen-bond donors (Lipinski definition) is 1. The van der Waals surface area contributed by atoms with E-state index in [0.717, 1.165) is 6.42 Å². The molecule has 0 aliphatic carbocycles. The van der Waals surface area contributed by atoms with Gasteiger partial charge < -0.3 is 5.73 Å². The summed E-state index contributed by atoms with van der Waals surface area (Å²) in [6, 6.07) is 0.441. The molecule has 0 amide bonds. The zero-order chi connectivity index (χ0) is 7.98. The molecule has 0 rings (SSSR count). The highest BCUT2D eigenvalue weighted by atomic mass is 15.1. The van der Waals surface area contributed by atoms with Crippen LogP contribution >= 0.6 is 0 Å². The van der Waals surface area contributed by atoms with Gasteiger partial charge in [0.1, 0.15) is 0 Å². The molecule has 0 fully saturated rings. The van der Waals surface area contributed by atoms with Gasteiger partial charge in [0.2, 0.25) is 0 Å². The van der Waals surface area contributed by atoms with Crippen molar-refractivity contribution in [3.05, 3.63) is 0 Å². The van der Waals surface area contributed by atoms with E-state index in [1.165, 1.54) is 0 Å². The number of hydrogen-bond acceptors (Lipinski definition) is 2. The van der Waals surface area contributed by atoms with Gasteiger partial charge in [0, 0.05) is 12.6 Å². The highest BCUT2D eigenvalue weighted by molar-refractivity contribution is 4.89.